The average molecular weight is 380 g/mol. The smallest absolute Gasteiger partial charge is 0.266 e. The Kier molecular flexibility index (Phi) is 6.42. The quantitative estimate of drug-likeness (QED) is 0.676. The molecule has 8 nitrogen and oxygen atoms in total. The van der Waals surface area contributed by atoms with Crippen LogP contribution < -0.4 is 24.5 Å². The number of hydrogen-bond donors (Lipinski definition) is 2. The number of nitrogens with one attached hydrogen (secondary N) is 2. The summed E-state index contributed by atoms with van der Waals surface area (Å²) in [4.78, 5) is 14.2. The molecule has 26 heavy (non-hydrogen) atoms. The van der Waals surface area contributed by atoms with Crippen molar-refractivity contribution in [2.24, 2.45) is 0 Å². The van der Waals surface area contributed by atoms with Gasteiger partial charge in [0.15, 0.2) is 11.5 Å². The zero-order chi connectivity index (χ0) is 19.2. The maximum absolute atomic E-state index is 12.2. The van der Waals surface area contributed by atoms with Crippen molar-refractivity contribution in [2.45, 2.75) is 11.8 Å². The van der Waals surface area contributed by atoms with Crippen molar-refractivity contribution in [3.05, 3.63) is 48.0 Å². The summed E-state index contributed by atoms with van der Waals surface area (Å²) < 4.78 is 40.0. The average Bonchev–Trinajstić information content (AvgIpc) is 2.66. The molecule has 0 bridgehead atoms. The predicted molar refractivity (Wildman–Crippen MR) is 94.9 cm³/mol. The van der Waals surface area contributed by atoms with Gasteiger partial charge in [-0.15, -0.1) is 4.83 Å². The lowest BCUT2D eigenvalue weighted by Crippen LogP contribution is -2.41. The molecule has 2 aromatic carbocycles. The lowest BCUT2D eigenvalue weighted by molar-refractivity contribution is 0.0944. The Balaban J connectivity index is 2.09. The molecule has 0 unspecified atom stereocenters. The summed E-state index contributed by atoms with van der Waals surface area (Å²) in [5, 5.41) is 0. The van der Waals surface area contributed by atoms with Crippen molar-refractivity contribution in [3.63, 3.8) is 0 Å². The van der Waals surface area contributed by atoms with E-state index >= 15 is 0 Å². The first-order valence-corrected chi connectivity index (χ1v) is 9.16. The van der Waals surface area contributed by atoms with Gasteiger partial charge in [0.1, 0.15) is 5.75 Å². The Morgan fingerprint density at radius 3 is 2.27 bits per heavy atom. The molecule has 0 aliphatic heterocycles. The molecule has 2 N–H and O–H groups in total. The molecule has 2 rings (SSSR count). The number of carbonyl (C=O) groups is 1. The number of carbonyl (C=O) groups excluding carboxylic acids is 1. The van der Waals surface area contributed by atoms with Gasteiger partial charge in [0.05, 0.1) is 25.7 Å². The van der Waals surface area contributed by atoms with Crippen LogP contribution in [0.25, 0.3) is 0 Å². The molecule has 0 aliphatic carbocycles. The molecule has 0 saturated carbocycles. The highest BCUT2D eigenvalue weighted by Crippen LogP contribution is 2.28. The first kappa shape index (κ1) is 19.5. The van der Waals surface area contributed by atoms with Crippen LogP contribution in [0, 0.1) is 0 Å². The van der Waals surface area contributed by atoms with E-state index in [-0.39, 0.29) is 10.5 Å². The number of hydrogen-bond acceptors (Lipinski definition) is 6. The molecule has 0 heterocycles. The molecule has 0 radical (unpaired) electrons. The van der Waals surface area contributed by atoms with Crippen LogP contribution >= 0.6 is 0 Å². The lowest BCUT2D eigenvalue weighted by Gasteiger charge is -2.12. The normalized spacial score (nSPS) is 10.9. The van der Waals surface area contributed by atoms with Crippen LogP contribution in [-0.4, -0.2) is 35.2 Å². The Morgan fingerprint density at radius 1 is 1.00 bits per heavy atom. The van der Waals surface area contributed by atoms with Crippen LogP contribution in [0.4, 0.5) is 0 Å². The number of methoxy groups -OCH3 is 2. The zero-order valence-electron chi connectivity index (χ0n) is 14.6. The van der Waals surface area contributed by atoms with E-state index < -0.39 is 15.9 Å². The minimum Gasteiger partial charge on any atom is -0.497 e. The molecule has 0 aliphatic rings. The van der Waals surface area contributed by atoms with E-state index in [1.165, 1.54) is 50.6 Å². The van der Waals surface area contributed by atoms with E-state index in [4.69, 9.17) is 14.2 Å². The molecule has 0 spiro atoms. The summed E-state index contributed by atoms with van der Waals surface area (Å²) in [6, 6.07) is 10.3. The Hall–Kier alpha value is -2.78. The Bertz CT molecular complexity index is 865. The largest absolute Gasteiger partial charge is 0.497 e. The first-order valence-electron chi connectivity index (χ1n) is 7.68. The van der Waals surface area contributed by atoms with Gasteiger partial charge in [0, 0.05) is 5.56 Å². The number of benzene rings is 2. The van der Waals surface area contributed by atoms with Crippen molar-refractivity contribution in [3.8, 4) is 17.2 Å². The molecular formula is C17H20N2O6S. The topological polar surface area (TPSA) is 103 Å². The maximum Gasteiger partial charge on any atom is 0.266 e. The van der Waals surface area contributed by atoms with E-state index in [0.29, 0.717) is 23.9 Å². The summed E-state index contributed by atoms with van der Waals surface area (Å²) in [7, 11) is -0.985. The minimum atomic E-state index is -3.91. The number of hydrazine groups is 1. The van der Waals surface area contributed by atoms with Gasteiger partial charge >= 0.3 is 0 Å². The van der Waals surface area contributed by atoms with E-state index in [1.807, 2.05) is 11.8 Å². The van der Waals surface area contributed by atoms with Crippen LogP contribution in [0.5, 0.6) is 17.2 Å². The fourth-order valence-corrected chi connectivity index (χ4v) is 2.92. The van der Waals surface area contributed by atoms with Crippen molar-refractivity contribution in [1.29, 1.82) is 0 Å². The van der Waals surface area contributed by atoms with Gasteiger partial charge in [-0.25, -0.2) is 8.42 Å². The molecule has 0 saturated heterocycles. The van der Waals surface area contributed by atoms with Crippen LogP contribution in [0.1, 0.15) is 17.3 Å². The van der Waals surface area contributed by atoms with Gasteiger partial charge in [-0.05, 0) is 49.4 Å². The number of ether oxygens (including phenoxy) is 3. The predicted octanol–water partition coefficient (Wildman–Crippen LogP) is 1.73. The van der Waals surface area contributed by atoms with Gasteiger partial charge in [-0.2, -0.15) is 0 Å². The number of amides is 1. The minimum absolute atomic E-state index is 0.0112. The highest BCUT2D eigenvalue weighted by molar-refractivity contribution is 7.89. The first-order chi connectivity index (χ1) is 12.4. The van der Waals surface area contributed by atoms with Gasteiger partial charge in [-0.3, -0.25) is 10.2 Å². The van der Waals surface area contributed by atoms with Crippen molar-refractivity contribution in [2.75, 3.05) is 20.8 Å². The molecule has 0 atom stereocenters. The lowest BCUT2D eigenvalue weighted by atomic mass is 10.2. The highest BCUT2D eigenvalue weighted by atomic mass is 32.2. The van der Waals surface area contributed by atoms with Gasteiger partial charge in [-0.1, -0.05) is 0 Å². The third kappa shape index (κ3) is 4.64. The van der Waals surface area contributed by atoms with Crippen molar-refractivity contribution < 1.29 is 27.4 Å². The second-order valence-electron chi connectivity index (χ2n) is 5.03. The van der Waals surface area contributed by atoms with Gasteiger partial charge in [0.2, 0.25) is 0 Å². The van der Waals surface area contributed by atoms with E-state index in [9.17, 15) is 13.2 Å². The van der Waals surface area contributed by atoms with Crippen LogP contribution in [0.3, 0.4) is 0 Å². The monoisotopic (exact) mass is 380 g/mol. The van der Waals surface area contributed by atoms with Crippen LogP contribution in [0.2, 0.25) is 0 Å². The Labute approximate surface area is 152 Å². The molecule has 0 fully saturated rings. The van der Waals surface area contributed by atoms with E-state index in [0.717, 1.165) is 0 Å². The van der Waals surface area contributed by atoms with Gasteiger partial charge < -0.3 is 14.2 Å². The Morgan fingerprint density at radius 2 is 1.69 bits per heavy atom. The molecule has 2 aromatic rings. The standard InChI is InChI=1S/C17H20N2O6S/c1-4-25-15-10-5-12(11-16(15)24-3)17(20)18-19-26(21,22)14-8-6-13(23-2)7-9-14/h5-11,19H,4H2,1-3H3,(H,18,20). The van der Waals surface area contributed by atoms with Crippen LogP contribution in [0.15, 0.2) is 47.4 Å². The second kappa shape index (κ2) is 8.54. The summed E-state index contributed by atoms with van der Waals surface area (Å²) in [6.45, 7) is 2.28. The van der Waals surface area contributed by atoms with Crippen molar-refractivity contribution in [1.82, 2.24) is 10.3 Å². The highest BCUT2D eigenvalue weighted by Gasteiger charge is 2.17. The number of sulfonamides is 1. The maximum atomic E-state index is 12.2. The fourth-order valence-electron chi connectivity index (χ4n) is 2.08. The molecule has 9 heteroatoms. The third-order valence-electron chi connectivity index (χ3n) is 3.39. The second-order valence-corrected chi connectivity index (χ2v) is 6.72. The van der Waals surface area contributed by atoms with Gasteiger partial charge in [0.25, 0.3) is 15.9 Å². The van der Waals surface area contributed by atoms with E-state index in [2.05, 4.69) is 5.43 Å². The van der Waals surface area contributed by atoms with Crippen molar-refractivity contribution >= 4 is 15.9 Å². The SMILES string of the molecule is CCOc1ccc(C(=O)NNS(=O)(=O)c2ccc(OC)cc2)cc1OC. The molecule has 1 amide bonds. The van der Waals surface area contributed by atoms with E-state index in [1.54, 1.807) is 6.07 Å². The summed E-state index contributed by atoms with van der Waals surface area (Å²) in [5.41, 5.74) is 2.38. The van der Waals surface area contributed by atoms with Crippen LogP contribution in [-0.2, 0) is 10.0 Å². The molecule has 0 aromatic heterocycles. The molecular weight excluding hydrogens is 360 g/mol. The third-order valence-corrected chi connectivity index (χ3v) is 4.66. The zero-order valence-corrected chi connectivity index (χ0v) is 15.4. The summed E-state index contributed by atoms with van der Waals surface area (Å²) >= 11 is 0. The summed E-state index contributed by atoms with van der Waals surface area (Å²) in [6.07, 6.45) is 0. The molecule has 140 valence electrons. The fraction of sp³-hybridized carbons (Fsp3) is 0.235. The number of rotatable bonds is 8. The summed E-state index contributed by atoms with van der Waals surface area (Å²) in [5.74, 6) is 0.751.